The first kappa shape index (κ1) is 17.1. The largest absolute Gasteiger partial charge is 0.324 e. The first-order chi connectivity index (χ1) is 9.95. The SMILES string of the molecule is CCCCC1NC(CC(C)C)N(CC2(C)CCCS2)C1=O. The molecule has 1 N–H and O–H groups in total. The van der Waals surface area contributed by atoms with Crippen molar-refractivity contribution in [1.29, 1.82) is 0 Å². The number of nitrogens with zero attached hydrogens (tertiary/aromatic N) is 1. The van der Waals surface area contributed by atoms with E-state index < -0.39 is 0 Å². The lowest BCUT2D eigenvalue weighted by Gasteiger charge is -2.33. The van der Waals surface area contributed by atoms with Crippen LogP contribution in [0.5, 0.6) is 0 Å². The monoisotopic (exact) mass is 312 g/mol. The molecule has 21 heavy (non-hydrogen) atoms. The van der Waals surface area contributed by atoms with Gasteiger partial charge in [0.1, 0.15) is 0 Å². The quantitative estimate of drug-likeness (QED) is 0.779. The zero-order valence-corrected chi connectivity index (χ0v) is 15.0. The van der Waals surface area contributed by atoms with Gasteiger partial charge in [-0.05, 0) is 44.3 Å². The topological polar surface area (TPSA) is 32.3 Å². The van der Waals surface area contributed by atoms with Crippen LogP contribution in [0.15, 0.2) is 0 Å². The highest BCUT2D eigenvalue weighted by Gasteiger charge is 2.42. The highest BCUT2D eigenvalue weighted by Crippen LogP contribution is 2.39. The van der Waals surface area contributed by atoms with Crippen LogP contribution in [0.25, 0.3) is 0 Å². The number of amides is 1. The predicted octanol–water partition coefficient (Wildman–Crippen LogP) is 3.63. The number of carbonyl (C=O) groups is 1. The lowest BCUT2D eigenvalue weighted by Crippen LogP contribution is -2.45. The molecule has 1 amide bonds. The fraction of sp³-hybridized carbons (Fsp3) is 0.941. The molecule has 0 aromatic heterocycles. The van der Waals surface area contributed by atoms with Crippen LogP contribution >= 0.6 is 11.8 Å². The van der Waals surface area contributed by atoms with Gasteiger partial charge in [-0.3, -0.25) is 10.1 Å². The molecule has 0 bridgehead atoms. The van der Waals surface area contributed by atoms with Crippen LogP contribution in [0.1, 0.15) is 66.2 Å². The van der Waals surface area contributed by atoms with E-state index in [-0.39, 0.29) is 17.0 Å². The van der Waals surface area contributed by atoms with E-state index in [1.807, 2.05) is 0 Å². The summed E-state index contributed by atoms with van der Waals surface area (Å²) in [5.74, 6) is 2.22. The minimum Gasteiger partial charge on any atom is -0.324 e. The molecule has 2 aliphatic rings. The van der Waals surface area contributed by atoms with Crippen molar-refractivity contribution in [2.75, 3.05) is 12.3 Å². The van der Waals surface area contributed by atoms with E-state index in [0.717, 1.165) is 32.2 Å². The van der Waals surface area contributed by atoms with Crippen LogP contribution in [0.3, 0.4) is 0 Å². The summed E-state index contributed by atoms with van der Waals surface area (Å²) >= 11 is 2.05. The summed E-state index contributed by atoms with van der Waals surface area (Å²) in [5.41, 5.74) is 0. The Kier molecular flexibility index (Phi) is 6.01. The fourth-order valence-corrected chi connectivity index (χ4v) is 4.81. The van der Waals surface area contributed by atoms with Crippen molar-refractivity contribution in [3.05, 3.63) is 0 Å². The third-order valence-corrected chi connectivity index (χ3v) is 6.22. The van der Waals surface area contributed by atoms with Crippen molar-refractivity contribution >= 4 is 17.7 Å². The van der Waals surface area contributed by atoms with E-state index >= 15 is 0 Å². The molecule has 2 rings (SSSR count). The lowest BCUT2D eigenvalue weighted by molar-refractivity contribution is -0.130. The number of hydrogen-bond donors (Lipinski definition) is 1. The molecule has 3 nitrogen and oxygen atoms in total. The summed E-state index contributed by atoms with van der Waals surface area (Å²) in [6.07, 6.45) is 7.14. The highest BCUT2D eigenvalue weighted by molar-refractivity contribution is 8.00. The molecule has 2 fully saturated rings. The molecule has 2 saturated heterocycles. The first-order valence-corrected chi connectivity index (χ1v) is 9.64. The molecule has 3 unspecified atom stereocenters. The van der Waals surface area contributed by atoms with Crippen LogP contribution in [0.2, 0.25) is 0 Å². The fourth-order valence-electron chi connectivity index (χ4n) is 3.51. The average Bonchev–Trinajstić information content (AvgIpc) is 2.95. The third kappa shape index (κ3) is 4.38. The summed E-state index contributed by atoms with van der Waals surface area (Å²) in [6, 6.07) is 0.0590. The van der Waals surface area contributed by atoms with Crippen molar-refractivity contribution in [3.63, 3.8) is 0 Å². The van der Waals surface area contributed by atoms with Gasteiger partial charge >= 0.3 is 0 Å². The Bertz CT molecular complexity index is 353. The minimum atomic E-state index is 0.0590. The molecule has 4 heteroatoms. The standard InChI is InChI=1S/C17H32N2OS/c1-5-6-8-14-16(20)19(15(18-14)11-13(2)3)12-17(4)9-7-10-21-17/h13-15,18H,5-12H2,1-4H3. The van der Waals surface area contributed by atoms with Gasteiger partial charge in [0, 0.05) is 11.3 Å². The van der Waals surface area contributed by atoms with Gasteiger partial charge in [-0.1, -0.05) is 33.6 Å². The molecule has 0 aromatic carbocycles. The number of unbranched alkanes of at least 4 members (excludes halogenated alkanes) is 1. The van der Waals surface area contributed by atoms with Gasteiger partial charge in [0.05, 0.1) is 12.2 Å². The maximum absolute atomic E-state index is 12.8. The molecule has 0 radical (unpaired) electrons. The average molecular weight is 313 g/mol. The van der Waals surface area contributed by atoms with Crippen molar-refractivity contribution in [2.24, 2.45) is 5.92 Å². The summed E-state index contributed by atoms with van der Waals surface area (Å²) in [6.45, 7) is 9.94. The van der Waals surface area contributed by atoms with Crippen molar-refractivity contribution in [3.8, 4) is 0 Å². The third-order valence-electron chi connectivity index (χ3n) is 4.70. The second-order valence-electron chi connectivity index (χ2n) is 7.37. The van der Waals surface area contributed by atoms with Crippen LogP contribution in [-0.2, 0) is 4.79 Å². The minimum absolute atomic E-state index is 0.0590. The van der Waals surface area contributed by atoms with Gasteiger partial charge in [-0.15, -0.1) is 0 Å². The van der Waals surface area contributed by atoms with Gasteiger partial charge in [0.2, 0.25) is 5.91 Å². The van der Waals surface area contributed by atoms with Crippen molar-refractivity contribution < 1.29 is 4.79 Å². The van der Waals surface area contributed by atoms with E-state index in [1.165, 1.54) is 18.6 Å². The van der Waals surface area contributed by atoms with Gasteiger partial charge in [-0.2, -0.15) is 11.8 Å². The number of carbonyl (C=O) groups excluding carboxylic acids is 1. The number of hydrogen-bond acceptors (Lipinski definition) is 3. The summed E-state index contributed by atoms with van der Waals surface area (Å²) in [5, 5.41) is 3.62. The van der Waals surface area contributed by atoms with Gasteiger partial charge in [0.15, 0.2) is 0 Å². The first-order valence-electron chi connectivity index (χ1n) is 8.65. The Balaban J connectivity index is 2.04. The van der Waals surface area contributed by atoms with Crippen LogP contribution in [0, 0.1) is 5.92 Å². The van der Waals surface area contributed by atoms with Crippen molar-refractivity contribution in [2.45, 2.75) is 83.2 Å². The normalized spacial score (nSPS) is 33.4. The lowest BCUT2D eigenvalue weighted by atomic mass is 10.0. The summed E-state index contributed by atoms with van der Waals surface area (Å²) in [7, 11) is 0. The maximum Gasteiger partial charge on any atom is 0.241 e. The molecule has 0 aromatic rings. The Morgan fingerprint density at radius 2 is 2.24 bits per heavy atom. The second kappa shape index (κ2) is 7.36. The molecule has 2 heterocycles. The molecule has 0 spiro atoms. The van der Waals surface area contributed by atoms with E-state index in [4.69, 9.17) is 0 Å². The molecular formula is C17H32N2OS. The van der Waals surface area contributed by atoms with Crippen molar-refractivity contribution in [1.82, 2.24) is 10.2 Å². The highest BCUT2D eigenvalue weighted by atomic mass is 32.2. The van der Waals surface area contributed by atoms with E-state index in [9.17, 15) is 4.79 Å². The molecule has 122 valence electrons. The molecule has 0 aliphatic carbocycles. The zero-order chi connectivity index (χ0) is 15.5. The van der Waals surface area contributed by atoms with E-state index in [2.05, 4.69) is 49.7 Å². The Morgan fingerprint density at radius 1 is 1.48 bits per heavy atom. The zero-order valence-electron chi connectivity index (χ0n) is 14.2. The van der Waals surface area contributed by atoms with Gasteiger partial charge in [-0.25, -0.2) is 0 Å². The summed E-state index contributed by atoms with van der Waals surface area (Å²) in [4.78, 5) is 15.0. The molecular weight excluding hydrogens is 280 g/mol. The van der Waals surface area contributed by atoms with Crippen LogP contribution < -0.4 is 5.32 Å². The molecule has 3 atom stereocenters. The number of thioether (sulfide) groups is 1. The maximum atomic E-state index is 12.8. The smallest absolute Gasteiger partial charge is 0.241 e. The van der Waals surface area contributed by atoms with E-state index in [0.29, 0.717) is 11.8 Å². The van der Waals surface area contributed by atoms with Crippen LogP contribution in [0.4, 0.5) is 0 Å². The Labute approximate surface area is 134 Å². The van der Waals surface area contributed by atoms with Gasteiger partial charge in [0.25, 0.3) is 0 Å². The molecule has 2 aliphatic heterocycles. The number of nitrogens with one attached hydrogen (secondary N) is 1. The predicted molar refractivity (Wildman–Crippen MR) is 91.5 cm³/mol. The Hall–Kier alpha value is -0.220. The summed E-state index contributed by atoms with van der Waals surface area (Å²) < 4.78 is 0.270. The van der Waals surface area contributed by atoms with Crippen LogP contribution in [-0.4, -0.2) is 40.1 Å². The van der Waals surface area contributed by atoms with E-state index in [1.54, 1.807) is 0 Å². The molecule has 0 saturated carbocycles. The Morgan fingerprint density at radius 3 is 2.81 bits per heavy atom. The second-order valence-corrected chi connectivity index (χ2v) is 9.06. The van der Waals surface area contributed by atoms with Gasteiger partial charge < -0.3 is 4.90 Å². The number of rotatable bonds is 7.